The van der Waals surface area contributed by atoms with E-state index < -0.39 is 11.8 Å². The lowest BCUT2D eigenvalue weighted by atomic mass is 10.1. The molecule has 3 N–H and O–H groups in total. The number of carbonyl (C=O) groups excluding carboxylic acids is 3. The van der Waals surface area contributed by atoms with Gasteiger partial charge in [0.15, 0.2) is 6.61 Å². The van der Waals surface area contributed by atoms with Gasteiger partial charge in [-0.25, -0.2) is 5.43 Å². The van der Waals surface area contributed by atoms with Gasteiger partial charge in [-0.2, -0.15) is 5.10 Å². The van der Waals surface area contributed by atoms with Gasteiger partial charge in [-0.3, -0.25) is 14.4 Å². The maximum Gasteiger partial charge on any atom is 0.329 e. The molecule has 0 aliphatic carbocycles. The maximum absolute atomic E-state index is 12.2. The third kappa shape index (κ3) is 7.71. The minimum Gasteiger partial charge on any atom is -0.495 e. The number of hydrogen-bond acceptors (Lipinski definition) is 6. The SMILES string of the molecule is COc1ccccc1NC(=O)C(=O)N/N=C\c1cccc(OCC(=O)Nc2cc(C)cc(C)c2)c1. The van der Waals surface area contributed by atoms with Crippen LogP contribution < -0.4 is 25.5 Å². The van der Waals surface area contributed by atoms with E-state index in [1.807, 2.05) is 32.0 Å². The molecule has 0 aromatic heterocycles. The van der Waals surface area contributed by atoms with Gasteiger partial charge in [0.05, 0.1) is 19.0 Å². The van der Waals surface area contributed by atoms with Crippen LogP contribution in [0.5, 0.6) is 11.5 Å². The monoisotopic (exact) mass is 474 g/mol. The van der Waals surface area contributed by atoms with Crippen molar-refractivity contribution in [2.45, 2.75) is 13.8 Å². The van der Waals surface area contributed by atoms with E-state index in [-0.39, 0.29) is 12.5 Å². The van der Waals surface area contributed by atoms with Gasteiger partial charge >= 0.3 is 11.8 Å². The molecule has 0 spiro atoms. The Balaban J connectivity index is 1.50. The average molecular weight is 475 g/mol. The fourth-order valence-electron chi connectivity index (χ4n) is 3.22. The summed E-state index contributed by atoms with van der Waals surface area (Å²) < 4.78 is 10.7. The van der Waals surface area contributed by atoms with E-state index in [2.05, 4.69) is 21.2 Å². The molecule has 0 atom stereocenters. The van der Waals surface area contributed by atoms with Gasteiger partial charge in [-0.15, -0.1) is 0 Å². The second kappa shape index (κ2) is 12.0. The molecular formula is C26H26N4O5. The predicted molar refractivity (Wildman–Crippen MR) is 134 cm³/mol. The largest absolute Gasteiger partial charge is 0.495 e. The number of ether oxygens (including phenoxy) is 2. The molecule has 9 nitrogen and oxygen atoms in total. The van der Waals surface area contributed by atoms with Crippen molar-refractivity contribution in [1.82, 2.24) is 5.43 Å². The summed E-state index contributed by atoms with van der Waals surface area (Å²) in [4.78, 5) is 36.3. The molecule has 180 valence electrons. The minimum absolute atomic E-state index is 0.173. The lowest BCUT2D eigenvalue weighted by Crippen LogP contribution is -2.32. The van der Waals surface area contributed by atoms with E-state index in [1.165, 1.54) is 13.3 Å². The van der Waals surface area contributed by atoms with Crippen molar-refractivity contribution in [3.8, 4) is 11.5 Å². The molecule has 0 fully saturated rings. The molecule has 3 aromatic rings. The number of carbonyl (C=O) groups is 3. The van der Waals surface area contributed by atoms with E-state index in [4.69, 9.17) is 9.47 Å². The fourth-order valence-corrected chi connectivity index (χ4v) is 3.22. The van der Waals surface area contributed by atoms with E-state index in [0.29, 0.717) is 28.4 Å². The number of nitrogens with zero attached hydrogens (tertiary/aromatic N) is 1. The van der Waals surface area contributed by atoms with Gasteiger partial charge in [0.1, 0.15) is 11.5 Å². The smallest absolute Gasteiger partial charge is 0.329 e. The van der Waals surface area contributed by atoms with E-state index in [0.717, 1.165) is 11.1 Å². The van der Waals surface area contributed by atoms with Crippen LogP contribution in [0, 0.1) is 13.8 Å². The number of aryl methyl sites for hydroxylation is 2. The van der Waals surface area contributed by atoms with Crippen molar-refractivity contribution in [2.75, 3.05) is 24.4 Å². The van der Waals surface area contributed by atoms with E-state index in [9.17, 15) is 14.4 Å². The number of benzene rings is 3. The second-order valence-corrected chi connectivity index (χ2v) is 7.64. The Kier molecular flexibility index (Phi) is 8.55. The summed E-state index contributed by atoms with van der Waals surface area (Å²) in [5.74, 6) is -1.25. The van der Waals surface area contributed by atoms with Crippen LogP contribution in [0.25, 0.3) is 0 Å². The highest BCUT2D eigenvalue weighted by Gasteiger charge is 2.15. The summed E-state index contributed by atoms with van der Waals surface area (Å²) in [5.41, 5.74) is 5.95. The van der Waals surface area contributed by atoms with Crippen molar-refractivity contribution in [3.05, 3.63) is 83.4 Å². The van der Waals surface area contributed by atoms with Crippen molar-refractivity contribution in [3.63, 3.8) is 0 Å². The summed E-state index contributed by atoms with van der Waals surface area (Å²) in [7, 11) is 1.46. The Morgan fingerprint density at radius 3 is 2.37 bits per heavy atom. The summed E-state index contributed by atoms with van der Waals surface area (Å²) in [6.07, 6.45) is 1.36. The topological polar surface area (TPSA) is 118 Å². The Morgan fingerprint density at radius 1 is 0.886 bits per heavy atom. The number of hydrogen-bond donors (Lipinski definition) is 3. The quantitative estimate of drug-likeness (QED) is 0.263. The molecule has 3 amide bonds. The molecular weight excluding hydrogens is 448 g/mol. The number of amides is 3. The summed E-state index contributed by atoms with van der Waals surface area (Å²) >= 11 is 0. The molecule has 0 saturated carbocycles. The Morgan fingerprint density at radius 2 is 1.63 bits per heavy atom. The molecule has 0 unspecified atom stereocenters. The molecule has 0 aliphatic heterocycles. The highest BCUT2D eigenvalue weighted by Crippen LogP contribution is 2.22. The van der Waals surface area contributed by atoms with Crippen LogP contribution >= 0.6 is 0 Å². The zero-order valence-corrected chi connectivity index (χ0v) is 19.6. The van der Waals surface area contributed by atoms with Crippen LogP contribution in [0.3, 0.4) is 0 Å². The summed E-state index contributed by atoms with van der Waals surface area (Å²) in [5, 5.41) is 9.07. The van der Waals surface area contributed by atoms with Crippen LogP contribution in [0.1, 0.15) is 16.7 Å². The average Bonchev–Trinajstić information content (AvgIpc) is 2.82. The maximum atomic E-state index is 12.2. The number of anilines is 2. The number of methoxy groups -OCH3 is 1. The van der Waals surface area contributed by atoms with Crippen molar-refractivity contribution < 1.29 is 23.9 Å². The van der Waals surface area contributed by atoms with Gasteiger partial charge in [0.2, 0.25) is 0 Å². The molecule has 3 rings (SSSR count). The van der Waals surface area contributed by atoms with Crippen LogP contribution in [-0.4, -0.2) is 37.7 Å². The van der Waals surface area contributed by atoms with Crippen LogP contribution in [0.4, 0.5) is 11.4 Å². The Labute approximate surface area is 203 Å². The molecule has 0 heterocycles. The Bertz CT molecular complexity index is 1240. The van der Waals surface area contributed by atoms with Gasteiger partial charge < -0.3 is 20.1 Å². The first-order valence-electron chi connectivity index (χ1n) is 10.7. The molecule has 0 radical (unpaired) electrons. The third-order valence-electron chi connectivity index (χ3n) is 4.67. The number of nitrogens with one attached hydrogen (secondary N) is 3. The number of rotatable bonds is 8. The second-order valence-electron chi connectivity index (χ2n) is 7.64. The normalized spacial score (nSPS) is 10.5. The van der Waals surface area contributed by atoms with Crippen LogP contribution in [-0.2, 0) is 14.4 Å². The molecule has 35 heavy (non-hydrogen) atoms. The molecule has 9 heteroatoms. The van der Waals surface area contributed by atoms with E-state index >= 15 is 0 Å². The first-order chi connectivity index (χ1) is 16.8. The van der Waals surface area contributed by atoms with Crippen LogP contribution in [0.2, 0.25) is 0 Å². The lowest BCUT2D eigenvalue weighted by Gasteiger charge is -2.09. The van der Waals surface area contributed by atoms with Crippen molar-refractivity contribution in [1.29, 1.82) is 0 Å². The standard InChI is InChI=1S/C26H26N4O5/c1-17-11-18(2)13-20(12-17)28-24(31)16-35-21-8-6-7-19(14-21)15-27-30-26(33)25(32)29-22-9-4-5-10-23(22)34-3/h4-15H,16H2,1-3H3,(H,28,31)(H,29,32)(H,30,33)/b27-15-. The zero-order chi connectivity index (χ0) is 25.2. The minimum atomic E-state index is -0.942. The van der Waals surface area contributed by atoms with E-state index in [1.54, 1.807) is 48.5 Å². The van der Waals surface area contributed by atoms with Crippen molar-refractivity contribution >= 4 is 35.3 Å². The highest BCUT2D eigenvalue weighted by atomic mass is 16.5. The van der Waals surface area contributed by atoms with Gasteiger partial charge in [0, 0.05) is 5.69 Å². The highest BCUT2D eigenvalue weighted by molar-refractivity contribution is 6.39. The number of hydrazone groups is 1. The van der Waals surface area contributed by atoms with Gasteiger partial charge in [0.25, 0.3) is 5.91 Å². The zero-order valence-electron chi connectivity index (χ0n) is 19.6. The predicted octanol–water partition coefficient (Wildman–Crippen LogP) is 3.42. The molecule has 0 bridgehead atoms. The van der Waals surface area contributed by atoms with Crippen molar-refractivity contribution in [2.24, 2.45) is 5.10 Å². The van der Waals surface area contributed by atoms with Gasteiger partial charge in [-0.05, 0) is 66.9 Å². The summed E-state index contributed by atoms with van der Waals surface area (Å²) in [6.45, 7) is 3.75. The molecule has 0 saturated heterocycles. The molecule has 3 aromatic carbocycles. The first-order valence-corrected chi connectivity index (χ1v) is 10.7. The fraction of sp³-hybridized carbons (Fsp3) is 0.154. The molecule has 0 aliphatic rings. The Hall–Kier alpha value is -4.66. The number of para-hydroxylation sites is 2. The van der Waals surface area contributed by atoms with Gasteiger partial charge in [-0.1, -0.05) is 30.3 Å². The lowest BCUT2D eigenvalue weighted by molar-refractivity contribution is -0.136. The third-order valence-corrected chi connectivity index (χ3v) is 4.67. The summed E-state index contributed by atoms with van der Waals surface area (Å²) in [6, 6.07) is 19.3. The van der Waals surface area contributed by atoms with Crippen LogP contribution in [0.15, 0.2) is 71.8 Å². The first kappa shape index (κ1) is 25.0.